The summed E-state index contributed by atoms with van der Waals surface area (Å²) in [6.45, 7) is 7.72. The van der Waals surface area contributed by atoms with Gasteiger partial charge in [-0.15, -0.1) is 0 Å². The van der Waals surface area contributed by atoms with Crippen molar-refractivity contribution in [3.63, 3.8) is 0 Å². The molecule has 1 aliphatic rings. The Labute approximate surface area is 122 Å². The van der Waals surface area contributed by atoms with Crippen molar-refractivity contribution >= 4 is 15.7 Å². The van der Waals surface area contributed by atoms with Crippen LogP contribution in [0.3, 0.4) is 0 Å². The first-order valence-electron chi connectivity index (χ1n) is 7.15. The van der Waals surface area contributed by atoms with E-state index in [-0.39, 0.29) is 12.1 Å². The van der Waals surface area contributed by atoms with E-state index in [1.54, 1.807) is 10.4 Å². The molecule has 0 spiro atoms. The second-order valence-electron chi connectivity index (χ2n) is 5.92. The van der Waals surface area contributed by atoms with Crippen LogP contribution >= 0.6 is 0 Å². The highest BCUT2D eigenvalue weighted by molar-refractivity contribution is 7.89. The zero-order valence-corrected chi connectivity index (χ0v) is 13.5. The van der Waals surface area contributed by atoms with Crippen molar-refractivity contribution in [3.8, 4) is 0 Å². The Bertz CT molecular complexity index is 601. The van der Waals surface area contributed by atoms with E-state index >= 15 is 0 Å². The highest BCUT2D eigenvalue weighted by Gasteiger charge is 2.36. The van der Waals surface area contributed by atoms with Crippen LogP contribution in [0, 0.1) is 13.8 Å². The van der Waals surface area contributed by atoms with Gasteiger partial charge in [0.05, 0.1) is 4.90 Å². The van der Waals surface area contributed by atoms with E-state index in [9.17, 15) is 8.42 Å². The summed E-state index contributed by atoms with van der Waals surface area (Å²) in [4.78, 5) is 0.357. The fourth-order valence-electron chi connectivity index (χ4n) is 3.11. The van der Waals surface area contributed by atoms with Gasteiger partial charge >= 0.3 is 0 Å². The van der Waals surface area contributed by atoms with Crippen molar-refractivity contribution < 1.29 is 8.42 Å². The third-order valence-electron chi connectivity index (χ3n) is 4.31. The van der Waals surface area contributed by atoms with Crippen LogP contribution in [0.1, 0.15) is 44.2 Å². The summed E-state index contributed by atoms with van der Waals surface area (Å²) in [5, 5.41) is 0. The Hall–Kier alpha value is -1.07. The van der Waals surface area contributed by atoms with E-state index in [0.29, 0.717) is 10.6 Å². The minimum atomic E-state index is -3.48. The molecule has 2 N–H and O–H groups in total. The Kier molecular flexibility index (Phi) is 4.12. The molecule has 20 heavy (non-hydrogen) atoms. The molecule has 5 heteroatoms. The highest BCUT2D eigenvalue weighted by Crippen LogP contribution is 2.32. The summed E-state index contributed by atoms with van der Waals surface area (Å²) in [6.07, 6.45) is 2.93. The number of rotatable bonds is 2. The molecule has 1 aromatic rings. The first-order valence-corrected chi connectivity index (χ1v) is 8.59. The second kappa shape index (κ2) is 5.37. The van der Waals surface area contributed by atoms with E-state index in [1.807, 2.05) is 33.8 Å². The molecule has 112 valence electrons. The summed E-state index contributed by atoms with van der Waals surface area (Å²) >= 11 is 0. The Balaban J connectivity index is 2.55. The minimum Gasteiger partial charge on any atom is -0.399 e. The fraction of sp³-hybridized carbons (Fsp3) is 0.600. The quantitative estimate of drug-likeness (QED) is 0.854. The number of hydrogen-bond acceptors (Lipinski definition) is 3. The number of hydrogen-bond donors (Lipinski definition) is 1. The number of nitrogens with zero attached hydrogens (tertiary/aromatic N) is 1. The molecule has 0 unspecified atom stereocenters. The van der Waals surface area contributed by atoms with Crippen LogP contribution in [0.2, 0.25) is 0 Å². The number of sulfonamides is 1. The van der Waals surface area contributed by atoms with E-state index in [2.05, 4.69) is 0 Å². The van der Waals surface area contributed by atoms with E-state index in [0.717, 1.165) is 30.4 Å². The Morgan fingerprint density at radius 2 is 1.70 bits per heavy atom. The van der Waals surface area contributed by atoms with Crippen LogP contribution in [0.15, 0.2) is 17.0 Å². The highest BCUT2D eigenvalue weighted by atomic mass is 32.2. The first kappa shape index (κ1) is 15.3. The predicted octanol–water partition coefficient (Wildman–Crippen LogP) is 2.84. The molecule has 4 nitrogen and oxygen atoms in total. The van der Waals surface area contributed by atoms with Crippen molar-refractivity contribution in [3.05, 3.63) is 23.3 Å². The van der Waals surface area contributed by atoms with Crippen LogP contribution in [0.25, 0.3) is 0 Å². The van der Waals surface area contributed by atoms with Crippen molar-refractivity contribution in [2.45, 2.75) is 63.9 Å². The first-order chi connectivity index (χ1) is 9.25. The summed E-state index contributed by atoms with van der Waals surface area (Å²) < 4.78 is 27.7. The largest absolute Gasteiger partial charge is 0.399 e. The van der Waals surface area contributed by atoms with Gasteiger partial charge < -0.3 is 5.73 Å². The zero-order chi connectivity index (χ0) is 15.1. The molecule has 0 radical (unpaired) electrons. The molecule has 1 aliphatic heterocycles. The summed E-state index contributed by atoms with van der Waals surface area (Å²) in [7, 11) is -3.48. The van der Waals surface area contributed by atoms with Crippen LogP contribution in [0.5, 0.6) is 0 Å². The lowest BCUT2D eigenvalue weighted by molar-refractivity contribution is 0.204. The maximum absolute atomic E-state index is 13.0. The lowest BCUT2D eigenvalue weighted by Gasteiger charge is -2.38. The number of piperidine rings is 1. The lowest BCUT2D eigenvalue weighted by atomic mass is 10.0. The summed E-state index contributed by atoms with van der Waals surface area (Å²) in [6, 6.07) is 3.50. The van der Waals surface area contributed by atoms with Gasteiger partial charge in [0.15, 0.2) is 0 Å². The number of nitrogens with two attached hydrogens (primary N) is 1. The van der Waals surface area contributed by atoms with E-state index in [4.69, 9.17) is 5.73 Å². The molecular formula is C15H24N2O2S. The predicted molar refractivity (Wildman–Crippen MR) is 82.1 cm³/mol. The van der Waals surface area contributed by atoms with Gasteiger partial charge in [-0.3, -0.25) is 0 Å². The van der Waals surface area contributed by atoms with Crippen LogP contribution in [0.4, 0.5) is 5.69 Å². The third kappa shape index (κ3) is 2.56. The van der Waals surface area contributed by atoms with Gasteiger partial charge in [0, 0.05) is 17.8 Å². The molecule has 1 saturated heterocycles. The van der Waals surface area contributed by atoms with Gasteiger partial charge in [0.2, 0.25) is 10.0 Å². The average molecular weight is 296 g/mol. The maximum Gasteiger partial charge on any atom is 0.243 e. The summed E-state index contributed by atoms with van der Waals surface area (Å²) in [5.41, 5.74) is 8.06. The van der Waals surface area contributed by atoms with Crippen molar-refractivity contribution in [2.24, 2.45) is 0 Å². The van der Waals surface area contributed by atoms with Crippen LogP contribution < -0.4 is 5.73 Å². The van der Waals surface area contributed by atoms with Gasteiger partial charge in [0.1, 0.15) is 0 Å². The van der Waals surface area contributed by atoms with Crippen molar-refractivity contribution in [2.75, 3.05) is 5.73 Å². The van der Waals surface area contributed by atoms with Gasteiger partial charge in [-0.05, 0) is 63.8 Å². The number of nitrogen functional groups attached to an aromatic ring is 1. The van der Waals surface area contributed by atoms with Gasteiger partial charge in [-0.25, -0.2) is 8.42 Å². The van der Waals surface area contributed by atoms with Gasteiger partial charge in [0.25, 0.3) is 0 Å². The van der Waals surface area contributed by atoms with Gasteiger partial charge in [-0.1, -0.05) is 6.42 Å². The normalized spacial score (nSPS) is 24.8. The van der Waals surface area contributed by atoms with Crippen molar-refractivity contribution in [1.82, 2.24) is 4.31 Å². The lowest BCUT2D eigenvalue weighted by Crippen LogP contribution is -2.47. The van der Waals surface area contributed by atoms with E-state index in [1.165, 1.54) is 0 Å². The number of benzene rings is 1. The summed E-state index contributed by atoms with van der Waals surface area (Å²) in [5.74, 6) is 0. The molecular weight excluding hydrogens is 272 g/mol. The standard InChI is InChI=1S/C15H24N2O2S/c1-10-8-14(16)9-15(13(10)4)20(18,19)17-11(2)6-5-7-12(17)3/h8-9,11-12H,5-7,16H2,1-4H3/t11-,12+. The molecule has 2 atom stereocenters. The SMILES string of the molecule is Cc1cc(N)cc(S(=O)(=O)N2[C@H](C)CCC[C@@H]2C)c1C. The molecule has 2 rings (SSSR count). The van der Waals surface area contributed by atoms with Crippen LogP contribution in [-0.4, -0.2) is 24.8 Å². The minimum absolute atomic E-state index is 0.0462. The molecule has 0 saturated carbocycles. The molecule has 1 heterocycles. The van der Waals surface area contributed by atoms with E-state index < -0.39 is 10.0 Å². The molecule has 1 fully saturated rings. The molecule has 0 bridgehead atoms. The Morgan fingerprint density at radius 1 is 1.15 bits per heavy atom. The number of anilines is 1. The van der Waals surface area contributed by atoms with Crippen LogP contribution in [-0.2, 0) is 10.0 Å². The molecule has 1 aromatic carbocycles. The number of aryl methyl sites for hydroxylation is 1. The fourth-order valence-corrected chi connectivity index (χ4v) is 5.33. The second-order valence-corrected chi connectivity index (χ2v) is 7.74. The average Bonchev–Trinajstić information content (AvgIpc) is 2.33. The monoisotopic (exact) mass is 296 g/mol. The smallest absolute Gasteiger partial charge is 0.243 e. The molecule has 0 aromatic heterocycles. The molecule has 0 aliphatic carbocycles. The van der Waals surface area contributed by atoms with Crippen molar-refractivity contribution in [1.29, 1.82) is 0 Å². The maximum atomic E-state index is 13.0. The third-order valence-corrected chi connectivity index (χ3v) is 6.56. The van der Waals surface area contributed by atoms with Gasteiger partial charge in [-0.2, -0.15) is 4.31 Å². The Morgan fingerprint density at radius 3 is 2.25 bits per heavy atom. The topological polar surface area (TPSA) is 63.4 Å². The zero-order valence-electron chi connectivity index (χ0n) is 12.7. The molecule has 0 amide bonds.